The highest BCUT2D eigenvalue weighted by Crippen LogP contribution is 2.25. The van der Waals surface area contributed by atoms with Crippen LogP contribution in [0.3, 0.4) is 0 Å². The lowest BCUT2D eigenvalue weighted by molar-refractivity contribution is -0.120. The minimum atomic E-state index is -0.126. The van der Waals surface area contributed by atoms with Gasteiger partial charge in [-0.3, -0.25) is 9.59 Å². The van der Waals surface area contributed by atoms with Gasteiger partial charge in [0.2, 0.25) is 5.91 Å². The molecule has 1 aliphatic rings. The monoisotopic (exact) mass is 355 g/mol. The SMILES string of the molecule is Cc1cc(CN(C)C(=O)c2cccc(NC(=O)C3CCCCC3)c2)no1. The van der Waals surface area contributed by atoms with Crippen LogP contribution in [-0.4, -0.2) is 28.9 Å². The summed E-state index contributed by atoms with van der Waals surface area (Å²) in [5.41, 5.74) is 1.91. The number of carbonyl (C=O) groups is 2. The third-order valence-corrected chi connectivity index (χ3v) is 4.78. The summed E-state index contributed by atoms with van der Waals surface area (Å²) in [4.78, 5) is 26.6. The lowest BCUT2D eigenvalue weighted by atomic mass is 9.88. The van der Waals surface area contributed by atoms with Crippen molar-refractivity contribution in [1.82, 2.24) is 10.1 Å². The summed E-state index contributed by atoms with van der Waals surface area (Å²) < 4.78 is 5.04. The third kappa shape index (κ3) is 4.50. The number of hydrogen-bond acceptors (Lipinski definition) is 4. The van der Waals surface area contributed by atoms with Gasteiger partial charge in [-0.2, -0.15) is 0 Å². The molecule has 1 aromatic carbocycles. The molecule has 0 bridgehead atoms. The second-order valence-electron chi connectivity index (χ2n) is 7.00. The van der Waals surface area contributed by atoms with Gasteiger partial charge in [0.05, 0.1) is 6.54 Å². The number of anilines is 1. The lowest BCUT2D eigenvalue weighted by Gasteiger charge is -2.21. The second-order valence-corrected chi connectivity index (χ2v) is 7.00. The van der Waals surface area contributed by atoms with Gasteiger partial charge in [0.25, 0.3) is 5.91 Å². The zero-order valence-corrected chi connectivity index (χ0v) is 15.3. The Bertz CT molecular complexity index is 778. The molecule has 0 atom stereocenters. The van der Waals surface area contributed by atoms with Gasteiger partial charge in [-0.05, 0) is 38.0 Å². The molecule has 1 saturated carbocycles. The molecule has 0 aliphatic heterocycles. The van der Waals surface area contributed by atoms with Gasteiger partial charge < -0.3 is 14.7 Å². The highest BCUT2D eigenvalue weighted by molar-refractivity contribution is 5.97. The van der Waals surface area contributed by atoms with E-state index in [-0.39, 0.29) is 17.7 Å². The molecule has 0 saturated heterocycles. The first-order chi connectivity index (χ1) is 12.5. The Labute approximate surface area is 153 Å². The fraction of sp³-hybridized carbons (Fsp3) is 0.450. The van der Waals surface area contributed by atoms with Crippen LogP contribution in [0.1, 0.15) is 53.9 Å². The normalized spacial score (nSPS) is 14.8. The summed E-state index contributed by atoms with van der Waals surface area (Å²) in [6.45, 7) is 2.19. The lowest BCUT2D eigenvalue weighted by Crippen LogP contribution is -2.27. The van der Waals surface area contributed by atoms with E-state index in [0.29, 0.717) is 29.2 Å². The summed E-state index contributed by atoms with van der Waals surface area (Å²) >= 11 is 0. The van der Waals surface area contributed by atoms with Crippen molar-refractivity contribution in [2.45, 2.75) is 45.6 Å². The van der Waals surface area contributed by atoms with Crippen molar-refractivity contribution in [3.05, 3.63) is 47.3 Å². The van der Waals surface area contributed by atoms with Crippen LogP contribution in [-0.2, 0) is 11.3 Å². The van der Waals surface area contributed by atoms with E-state index in [4.69, 9.17) is 4.52 Å². The Balaban J connectivity index is 1.63. The van der Waals surface area contributed by atoms with Gasteiger partial charge in [-0.1, -0.05) is 30.5 Å². The topological polar surface area (TPSA) is 75.4 Å². The van der Waals surface area contributed by atoms with Crippen molar-refractivity contribution in [3.8, 4) is 0 Å². The number of nitrogens with one attached hydrogen (secondary N) is 1. The molecule has 6 heteroatoms. The molecule has 3 rings (SSSR count). The predicted octanol–water partition coefficient (Wildman–Crippen LogP) is 3.77. The number of aromatic nitrogens is 1. The quantitative estimate of drug-likeness (QED) is 0.886. The molecule has 2 amide bonds. The Kier molecular flexibility index (Phi) is 5.71. The Morgan fingerprint density at radius 2 is 2.00 bits per heavy atom. The number of nitrogens with zero attached hydrogens (tertiary/aromatic N) is 2. The molecule has 1 N–H and O–H groups in total. The Morgan fingerprint density at radius 3 is 2.69 bits per heavy atom. The van der Waals surface area contributed by atoms with Crippen LogP contribution in [0.15, 0.2) is 34.9 Å². The average Bonchev–Trinajstić information content (AvgIpc) is 3.06. The molecule has 1 aliphatic carbocycles. The molecular weight excluding hydrogens is 330 g/mol. The number of rotatable bonds is 5. The van der Waals surface area contributed by atoms with Crippen molar-refractivity contribution in [2.75, 3.05) is 12.4 Å². The van der Waals surface area contributed by atoms with Crippen molar-refractivity contribution in [3.63, 3.8) is 0 Å². The van der Waals surface area contributed by atoms with E-state index in [1.807, 2.05) is 19.1 Å². The molecule has 0 radical (unpaired) electrons. The minimum absolute atomic E-state index is 0.0562. The van der Waals surface area contributed by atoms with Crippen LogP contribution in [0.25, 0.3) is 0 Å². The maximum Gasteiger partial charge on any atom is 0.254 e. The molecular formula is C20H25N3O3. The first-order valence-electron chi connectivity index (χ1n) is 9.11. The van der Waals surface area contributed by atoms with Gasteiger partial charge >= 0.3 is 0 Å². The molecule has 0 unspecified atom stereocenters. The van der Waals surface area contributed by atoms with Crippen LogP contribution < -0.4 is 5.32 Å². The molecule has 6 nitrogen and oxygen atoms in total. The van der Waals surface area contributed by atoms with E-state index < -0.39 is 0 Å². The zero-order chi connectivity index (χ0) is 18.5. The second kappa shape index (κ2) is 8.17. The van der Waals surface area contributed by atoms with Gasteiger partial charge in [-0.25, -0.2) is 0 Å². The number of amides is 2. The van der Waals surface area contributed by atoms with E-state index in [2.05, 4.69) is 10.5 Å². The zero-order valence-electron chi connectivity index (χ0n) is 15.3. The smallest absolute Gasteiger partial charge is 0.254 e. The molecule has 138 valence electrons. The van der Waals surface area contributed by atoms with Crippen LogP contribution >= 0.6 is 0 Å². The highest BCUT2D eigenvalue weighted by atomic mass is 16.5. The fourth-order valence-corrected chi connectivity index (χ4v) is 3.37. The third-order valence-electron chi connectivity index (χ3n) is 4.78. The first kappa shape index (κ1) is 18.2. The van der Waals surface area contributed by atoms with E-state index >= 15 is 0 Å². The minimum Gasteiger partial charge on any atom is -0.361 e. The first-order valence-corrected chi connectivity index (χ1v) is 9.11. The fourth-order valence-electron chi connectivity index (χ4n) is 3.37. The number of aryl methyl sites for hydroxylation is 1. The molecule has 26 heavy (non-hydrogen) atoms. The van der Waals surface area contributed by atoms with Crippen molar-refractivity contribution < 1.29 is 14.1 Å². The van der Waals surface area contributed by atoms with E-state index in [9.17, 15) is 9.59 Å². The average molecular weight is 355 g/mol. The molecule has 0 spiro atoms. The number of hydrogen-bond donors (Lipinski definition) is 1. The highest BCUT2D eigenvalue weighted by Gasteiger charge is 2.21. The van der Waals surface area contributed by atoms with Gasteiger partial charge in [0.15, 0.2) is 0 Å². The molecule has 2 aromatic rings. The predicted molar refractivity (Wildman–Crippen MR) is 98.7 cm³/mol. The van der Waals surface area contributed by atoms with Crippen molar-refractivity contribution >= 4 is 17.5 Å². The summed E-state index contributed by atoms with van der Waals surface area (Å²) in [7, 11) is 1.72. The maximum absolute atomic E-state index is 12.7. The van der Waals surface area contributed by atoms with Gasteiger partial charge in [0, 0.05) is 30.3 Å². The summed E-state index contributed by atoms with van der Waals surface area (Å²) in [5.74, 6) is 0.731. The molecule has 1 heterocycles. The molecule has 1 fully saturated rings. The van der Waals surface area contributed by atoms with Gasteiger partial charge in [-0.15, -0.1) is 0 Å². The van der Waals surface area contributed by atoms with Crippen molar-refractivity contribution in [1.29, 1.82) is 0 Å². The standard InChI is InChI=1S/C20H25N3O3/c1-14-11-18(22-26-14)13-23(2)20(25)16-9-6-10-17(12-16)21-19(24)15-7-4-3-5-8-15/h6,9-12,15H,3-5,7-8,13H2,1-2H3,(H,21,24). The van der Waals surface area contributed by atoms with Crippen LogP contribution in [0.2, 0.25) is 0 Å². The summed E-state index contributed by atoms with van der Waals surface area (Å²) in [5, 5.41) is 6.88. The van der Waals surface area contributed by atoms with Crippen LogP contribution in [0, 0.1) is 12.8 Å². The number of carbonyl (C=O) groups excluding carboxylic acids is 2. The Hall–Kier alpha value is -2.63. The number of benzene rings is 1. The van der Waals surface area contributed by atoms with E-state index in [1.54, 1.807) is 30.1 Å². The largest absolute Gasteiger partial charge is 0.361 e. The van der Waals surface area contributed by atoms with Crippen LogP contribution in [0.4, 0.5) is 5.69 Å². The Morgan fingerprint density at radius 1 is 1.23 bits per heavy atom. The van der Waals surface area contributed by atoms with E-state index in [1.165, 1.54) is 6.42 Å². The summed E-state index contributed by atoms with van der Waals surface area (Å²) in [6, 6.07) is 8.90. The van der Waals surface area contributed by atoms with Crippen LogP contribution in [0.5, 0.6) is 0 Å². The van der Waals surface area contributed by atoms with Crippen molar-refractivity contribution in [2.24, 2.45) is 5.92 Å². The molecule has 1 aromatic heterocycles. The van der Waals surface area contributed by atoms with Gasteiger partial charge in [0.1, 0.15) is 11.5 Å². The van der Waals surface area contributed by atoms with E-state index in [0.717, 1.165) is 25.7 Å². The summed E-state index contributed by atoms with van der Waals surface area (Å²) in [6.07, 6.45) is 5.34. The maximum atomic E-state index is 12.7.